The van der Waals surface area contributed by atoms with Crippen LogP contribution in [0.5, 0.6) is 5.88 Å². The predicted molar refractivity (Wildman–Crippen MR) is 94.4 cm³/mol. The SMILES string of the molecule is COc1c(NC(=O)CCSc2ccc(C)c(C)c2)c(C)nn1C. The summed E-state index contributed by atoms with van der Waals surface area (Å²) < 4.78 is 6.90. The molecule has 1 N–H and O–H groups in total. The van der Waals surface area contributed by atoms with Crippen LogP contribution in [0.1, 0.15) is 23.2 Å². The van der Waals surface area contributed by atoms with Crippen molar-refractivity contribution in [3.05, 3.63) is 35.0 Å². The lowest BCUT2D eigenvalue weighted by molar-refractivity contribution is -0.115. The molecular weight excluding hydrogens is 310 g/mol. The van der Waals surface area contributed by atoms with Crippen molar-refractivity contribution >= 4 is 23.4 Å². The maximum Gasteiger partial charge on any atom is 0.236 e. The number of thioether (sulfide) groups is 1. The minimum atomic E-state index is -0.0317. The second kappa shape index (κ2) is 7.55. The molecule has 0 aliphatic heterocycles. The zero-order valence-corrected chi connectivity index (χ0v) is 15.1. The van der Waals surface area contributed by atoms with Crippen molar-refractivity contribution in [2.24, 2.45) is 7.05 Å². The monoisotopic (exact) mass is 333 g/mol. The number of benzene rings is 1. The summed E-state index contributed by atoms with van der Waals surface area (Å²) in [5.41, 5.74) is 3.96. The highest BCUT2D eigenvalue weighted by Gasteiger charge is 2.16. The fourth-order valence-corrected chi connectivity index (χ4v) is 3.23. The molecule has 0 aliphatic rings. The van der Waals surface area contributed by atoms with Gasteiger partial charge in [-0.25, -0.2) is 4.68 Å². The minimum absolute atomic E-state index is 0.0317. The summed E-state index contributed by atoms with van der Waals surface area (Å²) in [4.78, 5) is 13.3. The number of carbonyl (C=O) groups excluding carboxylic acids is 1. The quantitative estimate of drug-likeness (QED) is 0.822. The van der Waals surface area contributed by atoms with Gasteiger partial charge in [-0.05, 0) is 44.0 Å². The summed E-state index contributed by atoms with van der Waals surface area (Å²) in [6.07, 6.45) is 0.440. The van der Waals surface area contributed by atoms with Gasteiger partial charge in [-0.3, -0.25) is 4.79 Å². The Kier molecular flexibility index (Phi) is 5.71. The Labute approximate surface area is 141 Å². The number of aryl methyl sites for hydroxylation is 4. The molecule has 0 atom stereocenters. The van der Waals surface area contributed by atoms with Gasteiger partial charge in [0.25, 0.3) is 0 Å². The molecule has 5 nitrogen and oxygen atoms in total. The van der Waals surface area contributed by atoms with Gasteiger partial charge in [0, 0.05) is 24.1 Å². The van der Waals surface area contributed by atoms with Gasteiger partial charge in [-0.2, -0.15) is 5.10 Å². The van der Waals surface area contributed by atoms with Gasteiger partial charge in [-0.15, -0.1) is 11.8 Å². The molecule has 0 radical (unpaired) electrons. The molecule has 0 saturated carbocycles. The van der Waals surface area contributed by atoms with E-state index in [-0.39, 0.29) is 5.91 Å². The number of rotatable bonds is 6. The molecule has 1 amide bonds. The van der Waals surface area contributed by atoms with Crippen molar-refractivity contribution in [3.8, 4) is 5.88 Å². The van der Waals surface area contributed by atoms with Crippen molar-refractivity contribution in [3.63, 3.8) is 0 Å². The van der Waals surface area contributed by atoms with Crippen LogP contribution in [-0.2, 0) is 11.8 Å². The molecule has 23 heavy (non-hydrogen) atoms. The van der Waals surface area contributed by atoms with Crippen LogP contribution < -0.4 is 10.1 Å². The molecule has 1 aromatic carbocycles. The molecule has 1 heterocycles. The molecule has 0 saturated heterocycles. The Morgan fingerprint density at radius 3 is 2.70 bits per heavy atom. The maximum absolute atomic E-state index is 12.1. The van der Waals surface area contributed by atoms with Crippen molar-refractivity contribution in [1.82, 2.24) is 9.78 Å². The number of amides is 1. The van der Waals surface area contributed by atoms with Gasteiger partial charge in [0.1, 0.15) is 5.69 Å². The Bertz CT molecular complexity index is 710. The molecule has 0 aliphatic carbocycles. The van der Waals surface area contributed by atoms with E-state index in [1.54, 1.807) is 30.6 Å². The number of nitrogens with zero attached hydrogens (tertiary/aromatic N) is 2. The van der Waals surface area contributed by atoms with E-state index in [9.17, 15) is 4.79 Å². The first-order valence-electron chi connectivity index (χ1n) is 7.50. The Morgan fingerprint density at radius 1 is 1.30 bits per heavy atom. The second-order valence-electron chi connectivity index (χ2n) is 5.49. The average Bonchev–Trinajstić information content (AvgIpc) is 2.76. The lowest BCUT2D eigenvalue weighted by Crippen LogP contribution is -2.13. The van der Waals surface area contributed by atoms with E-state index in [0.717, 1.165) is 11.4 Å². The van der Waals surface area contributed by atoms with Crippen LogP contribution in [-0.4, -0.2) is 28.6 Å². The Balaban J connectivity index is 1.89. The van der Waals surface area contributed by atoms with E-state index in [0.29, 0.717) is 18.0 Å². The van der Waals surface area contributed by atoms with Crippen LogP contribution in [0, 0.1) is 20.8 Å². The van der Waals surface area contributed by atoms with Gasteiger partial charge in [-0.1, -0.05) is 6.07 Å². The van der Waals surface area contributed by atoms with Gasteiger partial charge in [0.15, 0.2) is 0 Å². The van der Waals surface area contributed by atoms with Gasteiger partial charge in [0.2, 0.25) is 11.8 Å². The third kappa shape index (κ3) is 4.28. The van der Waals surface area contributed by atoms with E-state index < -0.39 is 0 Å². The Morgan fingerprint density at radius 2 is 2.04 bits per heavy atom. The fourth-order valence-electron chi connectivity index (χ4n) is 2.28. The second-order valence-corrected chi connectivity index (χ2v) is 6.65. The molecular formula is C17H23N3O2S. The van der Waals surface area contributed by atoms with Crippen molar-refractivity contribution in [2.75, 3.05) is 18.2 Å². The summed E-state index contributed by atoms with van der Waals surface area (Å²) in [5, 5.41) is 7.15. The highest BCUT2D eigenvalue weighted by molar-refractivity contribution is 7.99. The number of ether oxygens (including phenoxy) is 1. The van der Waals surface area contributed by atoms with Crippen LogP contribution in [0.4, 0.5) is 5.69 Å². The normalized spacial score (nSPS) is 10.7. The van der Waals surface area contributed by atoms with Crippen molar-refractivity contribution < 1.29 is 9.53 Å². The summed E-state index contributed by atoms with van der Waals surface area (Å²) in [6.45, 7) is 6.05. The van der Waals surface area contributed by atoms with Crippen molar-refractivity contribution in [2.45, 2.75) is 32.1 Å². The third-order valence-electron chi connectivity index (χ3n) is 3.70. The number of anilines is 1. The smallest absolute Gasteiger partial charge is 0.236 e. The summed E-state index contributed by atoms with van der Waals surface area (Å²) >= 11 is 1.69. The Hall–Kier alpha value is -1.95. The van der Waals surface area contributed by atoms with Gasteiger partial charge in [0.05, 0.1) is 12.8 Å². The molecule has 124 valence electrons. The van der Waals surface area contributed by atoms with E-state index in [1.807, 2.05) is 6.92 Å². The highest BCUT2D eigenvalue weighted by atomic mass is 32.2. The summed E-state index contributed by atoms with van der Waals surface area (Å²) in [6, 6.07) is 6.37. The molecule has 0 fully saturated rings. The topological polar surface area (TPSA) is 56.1 Å². The molecule has 0 unspecified atom stereocenters. The van der Waals surface area contributed by atoms with E-state index in [2.05, 4.69) is 42.5 Å². The van der Waals surface area contributed by atoms with Crippen LogP contribution in [0.2, 0.25) is 0 Å². The molecule has 0 bridgehead atoms. The van der Waals surface area contributed by atoms with Crippen molar-refractivity contribution in [1.29, 1.82) is 0 Å². The van der Waals surface area contributed by atoms with Crippen LogP contribution >= 0.6 is 11.8 Å². The molecule has 0 spiro atoms. The third-order valence-corrected chi connectivity index (χ3v) is 4.70. The number of hydrogen-bond donors (Lipinski definition) is 1. The lowest BCUT2D eigenvalue weighted by atomic mass is 10.1. The molecule has 6 heteroatoms. The number of methoxy groups -OCH3 is 1. The predicted octanol–water partition coefficient (Wildman–Crippen LogP) is 3.47. The standard InChI is InChI=1S/C17H23N3O2S/c1-11-6-7-14(10-12(11)2)23-9-8-15(21)18-16-13(3)19-20(4)17(16)22-5/h6-7,10H,8-9H2,1-5H3,(H,18,21). The first kappa shape index (κ1) is 17.4. The van der Waals surface area contributed by atoms with E-state index >= 15 is 0 Å². The van der Waals surface area contributed by atoms with E-state index in [1.165, 1.54) is 16.0 Å². The minimum Gasteiger partial charge on any atom is -0.480 e. The van der Waals surface area contributed by atoms with Crippen LogP contribution in [0.3, 0.4) is 0 Å². The number of carbonyl (C=O) groups is 1. The largest absolute Gasteiger partial charge is 0.480 e. The first-order chi connectivity index (χ1) is 10.9. The zero-order valence-electron chi connectivity index (χ0n) is 14.3. The van der Waals surface area contributed by atoms with Gasteiger partial charge < -0.3 is 10.1 Å². The fraction of sp³-hybridized carbons (Fsp3) is 0.412. The molecule has 2 aromatic rings. The number of nitrogens with one attached hydrogen (secondary N) is 1. The first-order valence-corrected chi connectivity index (χ1v) is 8.48. The number of aromatic nitrogens is 2. The lowest BCUT2D eigenvalue weighted by Gasteiger charge is -2.08. The van der Waals surface area contributed by atoms with Gasteiger partial charge >= 0.3 is 0 Å². The highest BCUT2D eigenvalue weighted by Crippen LogP contribution is 2.27. The van der Waals surface area contributed by atoms with Crippen LogP contribution in [0.15, 0.2) is 23.1 Å². The summed E-state index contributed by atoms with van der Waals surface area (Å²) in [5.74, 6) is 1.27. The van der Waals surface area contributed by atoms with Crippen LogP contribution in [0.25, 0.3) is 0 Å². The molecule has 2 rings (SSSR count). The average molecular weight is 333 g/mol. The number of hydrogen-bond acceptors (Lipinski definition) is 4. The van der Waals surface area contributed by atoms with E-state index in [4.69, 9.17) is 4.74 Å². The molecule has 1 aromatic heterocycles. The summed E-state index contributed by atoms with van der Waals surface area (Å²) in [7, 11) is 3.36. The zero-order chi connectivity index (χ0) is 17.0. The maximum atomic E-state index is 12.1.